The first-order valence-electron chi connectivity index (χ1n) is 6.08. The van der Waals surface area contributed by atoms with Gasteiger partial charge in [-0.1, -0.05) is 43.2 Å². The van der Waals surface area contributed by atoms with Crippen LogP contribution < -0.4 is 5.32 Å². The van der Waals surface area contributed by atoms with Crippen LogP contribution in [0, 0.1) is 12.8 Å². The summed E-state index contributed by atoms with van der Waals surface area (Å²) in [6, 6.07) is 9.67. The maximum Gasteiger partial charge on any atom is 0.0136 e. The number of hydrogen-bond acceptors (Lipinski definition) is 1. The average molecular weight is 203 g/mol. The third kappa shape index (κ3) is 2.60. The molecule has 1 saturated heterocycles. The summed E-state index contributed by atoms with van der Waals surface area (Å²) in [7, 11) is 0. The third-order valence-electron chi connectivity index (χ3n) is 3.59. The minimum absolute atomic E-state index is 0.706. The largest absolute Gasteiger partial charge is 0.313 e. The molecule has 2 atom stereocenters. The van der Waals surface area contributed by atoms with Crippen LogP contribution in [0.2, 0.25) is 0 Å². The Bertz CT molecular complexity index is 302. The van der Waals surface area contributed by atoms with E-state index in [1.807, 2.05) is 0 Å². The maximum absolute atomic E-state index is 3.62. The van der Waals surface area contributed by atoms with Gasteiger partial charge >= 0.3 is 0 Å². The van der Waals surface area contributed by atoms with E-state index in [2.05, 4.69) is 43.4 Å². The fourth-order valence-electron chi connectivity index (χ4n) is 2.53. The zero-order valence-electron chi connectivity index (χ0n) is 9.79. The third-order valence-corrected chi connectivity index (χ3v) is 3.59. The highest BCUT2D eigenvalue weighted by molar-refractivity contribution is 5.22. The van der Waals surface area contributed by atoms with Crippen molar-refractivity contribution in [2.45, 2.75) is 39.2 Å². The Morgan fingerprint density at radius 3 is 2.67 bits per heavy atom. The van der Waals surface area contributed by atoms with Gasteiger partial charge in [-0.3, -0.25) is 0 Å². The highest BCUT2D eigenvalue weighted by atomic mass is 14.9. The lowest BCUT2D eigenvalue weighted by atomic mass is 9.92. The van der Waals surface area contributed by atoms with Crippen molar-refractivity contribution < 1.29 is 0 Å². The zero-order chi connectivity index (χ0) is 10.7. The Morgan fingerprint density at radius 2 is 2.00 bits per heavy atom. The van der Waals surface area contributed by atoms with Crippen molar-refractivity contribution in [3.8, 4) is 0 Å². The summed E-state index contributed by atoms with van der Waals surface area (Å²) in [6.45, 7) is 5.65. The topological polar surface area (TPSA) is 12.0 Å². The van der Waals surface area contributed by atoms with E-state index >= 15 is 0 Å². The summed E-state index contributed by atoms with van der Waals surface area (Å²) < 4.78 is 0. The first-order chi connectivity index (χ1) is 7.29. The van der Waals surface area contributed by atoms with Gasteiger partial charge in [0.2, 0.25) is 0 Å². The second-order valence-corrected chi connectivity index (χ2v) is 4.71. The molecule has 1 aromatic carbocycles. The van der Waals surface area contributed by atoms with Gasteiger partial charge in [-0.15, -0.1) is 0 Å². The van der Waals surface area contributed by atoms with Crippen LogP contribution in [-0.2, 0) is 6.42 Å². The summed E-state index contributed by atoms with van der Waals surface area (Å²) in [5, 5.41) is 3.62. The summed E-state index contributed by atoms with van der Waals surface area (Å²) >= 11 is 0. The van der Waals surface area contributed by atoms with Crippen molar-refractivity contribution in [1.82, 2.24) is 5.32 Å². The predicted octanol–water partition coefficient (Wildman–Crippen LogP) is 2.93. The highest BCUT2D eigenvalue weighted by Crippen LogP contribution is 2.22. The fourth-order valence-corrected chi connectivity index (χ4v) is 2.53. The van der Waals surface area contributed by atoms with Crippen LogP contribution in [0.5, 0.6) is 0 Å². The molecule has 0 bridgehead atoms. The van der Waals surface area contributed by atoms with E-state index in [1.54, 1.807) is 0 Å². The molecule has 1 heterocycles. The van der Waals surface area contributed by atoms with Crippen LogP contribution in [0.15, 0.2) is 24.3 Å². The van der Waals surface area contributed by atoms with E-state index in [0.29, 0.717) is 6.04 Å². The van der Waals surface area contributed by atoms with Gasteiger partial charge in [0.05, 0.1) is 0 Å². The highest BCUT2D eigenvalue weighted by Gasteiger charge is 2.24. The van der Waals surface area contributed by atoms with E-state index in [4.69, 9.17) is 0 Å². The molecule has 1 fully saturated rings. The molecule has 15 heavy (non-hydrogen) atoms. The Balaban J connectivity index is 1.99. The van der Waals surface area contributed by atoms with Crippen LogP contribution in [0.3, 0.4) is 0 Å². The van der Waals surface area contributed by atoms with Gasteiger partial charge in [-0.05, 0) is 37.8 Å². The number of benzene rings is 1. The van der Waals surface area contributed by atoms with Crippen molar-refractivity contribution in [3.63, 3.8) is 0 Å². The van der Waals surface area contributed by atoms with Gasteiger partial charge in [-0.2, -0.15) is 0 Å². The van der Waals surface area contributed by atoms with Gasteiger partial charge in [0.15, 0.2) is 0 Å². The molecule has 0 radical (unpaired) electrons. The molecule has 1 aliphatic rings. The molecule has 0 aliphatic carbocycles. The second-order valence-electron chi connectivity index (χ2n) is 4.71. The molecule has 1 heteroatoms. The van der Waals surface area contributed by atoms with Crippen molar-refractivity contribution in [2.75, 3.05) is 6.54 Å². The molecule has 1 aliphatic heterocycles. The molecular weight excluding hydrogens is 182 g/mol. The Kier molecular flexibility index (Phi) is 3.42. The first kappa shape index (κ1) is 10.7. The minimum Gasteiger partial charge on any atom is -0.313 e. The normalized spacial score (nSPS) is 25.7. The molecule has 1 N–H and O–H groups in total. The summed E-state index contributed by atoms with van der Waals surface area (Å²) in [5.41, 5.74) is 2.82. The Morgan fingerprint density at radius 1 is 1.27 bits per heavy atom. The van der Waals surface area contributed by atoms with Crippen LogP contribution in [-0.4, -0.2) is 12.6 Å². The van der Waals surface area contributed by atoms with Gasteiger partial charge < -0.3 is 5.32 Å². The zero-order valence-corrected chi connectivity index (χ0v) is 9.79. The average Bonchev–Trinajstić information content (AvgIpc) is 2.69. The first-order valence-corrected chi connectivity index (χ1v) is 6.08. The van der Waals surface area contributed by atoms with E-state index in [0.717, 1.165) is 5.92 Å². The lowest BCUT2D eigenvalue weighted by molar-refractivity contribution is 0.433. The second kappa shape index (κ2) is 4.80. The standard InChI is InChI=1S/C14H21N/c1-3-13-8-9-15-14(13)10-12-6-4-11(2)5-7-12/h4-7,13-15H,3,8-10H2,1-2H3/t13-,14+/m1/s1. The minimum atomic E-state index is 0.706. The summed E-state index contributed by atoms with van der Waals surface area (Å²) in [4.78, 5) is 0. The van der Waals surface area contributed by atoms with Crippen LogP contribution >= 0.6 is 0 Å². The molecule has 1 nitrogen and oxygen atoms in total. The van der Waals surface area contributed by atoms with Gasteiger partial charge in [0.25, 0.3) is 0 Å². The van der Waals surface area contributed by atoms with Crippen molar-refractivity contribution >= 4 is 0 Å². The monoisotopic (exact) mass is 203 g/mol. The molecule has 0 unspecified atom stereocenters. The molecule has 0 amide bonds. The lowest BCUT2D eigenvalue weighted by Crippen LogP contribution is -2.29. The molecular formula is C14H21N. The maximum atomic E-state index is 3.62. The Labute approximate surface area is 92.9 Å². The van der Waals surface area contributed by atoms with Crippen molar-refractivity contribution in [2.24, 2.45) is 5.92 Å². The summed E-state index contributed by atoms with van der Waals surface area (Å²) in [6.07, 6.45) is 3.86. The van der Waals surface area contributed by atoms with Crippen molar-refractivity contribution in [1.29, 1.82) is 0 Å². The molecule has 0 saturated carbocycles. The van der Waals surface area contributed by atoms with Gasteiger partial charge in [0, 0.05) is 6.04 Å². The molecule has 1 aromatic rings. The van der Waals surface area contributed by atoms with E-state index < -0.39 is 0 Å². The SMILES string of the molecule is CC[C@@H]1CCN[C@H]1Cc1ccc(C)cc1. The van der Waals surface area contributed by atoms with Gasteiger partial charge in [-0.25, -0.2) is 0 Å². The van der Waals surface area contributed by atoms with E-state index in [9.17, 15) is 0 Å². The van der Waals surface area contributed by atoms with E-state index in [1.165, 1.54) is 36.9 Å². The fraction of sp³-hybridized carbons (Fsp3) is 0.571. The molecule has 82 valence electrons. The number of aryl methyl sites for hydroxylation is 1. The summed E-state index contributed by atoms with van der Waals surface area (Å²) in [5.74, 6) is 0.881. The quantitative estimate of drug-likeness (QED) is 0.796. The molecule has 0 spiro atoms. The van der Waals surface area contributed by atoms with Gasteiger partial charge in [0.1, 0.15) is 0 Å². The molecule has 0 aromatic heterocycles. The van der Waals surface area contributed by atoms with Crippen LogP contribution in [0.1, 0.15) is 30.9 Å². The number of nitrogens with one attached hydrogen (secondary N) is 1. The van der Waals surface area contributed by atoms with E-state index in [-0.39, 0.29) is 0 Å². The number of rotatable bonds is 3. The molecule has 2 rings (SSSR count). The van der Waals surface area contributed by atoms with Crippen LogP contribution in [0.4, 0.5) is 0 Å². The van der Waals surface area contributed by atoms with Crippen molar-refractivity contribution in [3.05, 3.63) is 35.4 Å². The smallest absolute Gasteiger partial charge is 0.0136 e. The van der Waals surface area contributed by atoms with Crippen LogP contribution in [0.25, 0.3) is 0 Å². The Hall–Kier alpha value is -0.820. The predicted molar refractivity (Wildman–Crippen MR) is 65.1 cm³/mol. The number of hydrogen-bond donors (Lipinski definition) is 1. The lowest BCUT2D eigenvalue weighted by Gasteiger charge is -2.18.